The highest BCUT2D eigenvalue weighted by atomic mass is 16.5. The summed E-state index contributed by atoms with van der Waals surface area (Å²) in [6.07, 6.45) is 10.2. The summed E-state index contributed by atoms with van der Waals surface area (Å²) in [5, 5.41) is 0. The first-order chi connectivity index (χ1) is 19.9. The van der Waals surface area contributed by atoms with Crippen LogP contribution in [-0.4, -0.2) is 51.4 Å². The molecule has 0 radical (unpaired) electrons. The first-order valence-corrected chi connectivity index (χ1v) is 13.8. The standard InChI is InChI=1S/C33H40O8/c1-4-31(34)40-23-8-6-5-7-21-38-29-17-13-27(14-18-29)11-12-28-15-19-30(20-16-28)39-22-9-10-24-41-33(36)26(2)25-32(35)37-3/h4,11-20H,1-2,5-10,21-25H2,3H3/b12-11+. The first kappa shape index (κ1) is 32.9. The zero-order valence-corrected chi connectivity index (χ0v) is 23.8. The Bertz CT molecular complexity index is 1130. The van der Waals surface area contributed by atoms with Gasteiger partial charge in [-0.3, -0.25) is 4.79 Å². The second-order valence-corrected chi connectivity index (χ2v) is 9.15. The molecule has 0 spiro atoms. The van der Waals surface area contributed by atoms with Crippen LogP contribution in [-0.2, 0) is 28.6 Å². The number of carbonyl (C=O) groups is 3. The normalized spacial score (nSPS) is 10.6. The van der Waals surface area contributed by atoms with E-state index in [0.29, 0.717) is 32.7 Å². The van der Waals surface area contributed by atoms with Crippen LogP contribution in [0.3, 0.4) is 0 Å². The molecule has 0 N–H and O–H groups in total. The van der Waals surface area contributed by atoms with Crippen molar-refractivity contribution in [2.45, 2.75) is 44.9 Å². The highest BCUT2D eigenvalue weighted by molar-refractivity contribution is 5.93. The molecule has 0 aliphatic carbocycles. The Hall–Kier alpha value is -4.33. The number of carbonyl (C=O) groups excluding carboxylic acids is 3. The molecule has 0 aliphatic heterocycles. The van der Waals surface area contributed by atoms with Gasteiger partial charge in [-0.05, 0) is 73.9 Å². The minimum Gasteiger partial charge on any atom is -0.494 e. The van der Waals surface area contributed by atoms with Gasteiger partial charge in [-0.2, -0.15) is 0 Å². The van der Waals surface area contributed by atoms with Crippen LogP contribution in [0.1, 0.15) is 56.1 Å². The summed E-state index contributed by atoms with van der Waals surface area (Å²) in [7, 11) is 1.25. The van der Waals surface area contributed by atoms with Crippen LogP contribution in [0.2, 0.25) is 0 Å². The molecule has 0 aromatic heterocycles. The van der Waals surface area contributed by atoms with Gasteiger partial charge in [0.25, 0.3) is 0 Å². The van der Waals surface area contributed by atoms with E-state index >= 15 is 0 Å². The third-order valence-corrected chi connectivity index (χ3v) is 5.86. The van der Waals surface area contributed by atoms with Gasteiger partial charge in [0.1, 0.15) is 11.5 Å². The van der Waals surface area contributed by atoms with Crippen molar-refractivity contribution < 1.29 is 38.1 Å². The lowest BCUT2D eigenvalue weighted by atomic mass is 10.1. The van der Waals surface area contributed by atoms with Gasteiger partial charge >= 0.3 is 17.9 Å². The van der Waals surface area contributed by atoms with Gasteiger partial charge in [0, 0.05) is 11.6 Å². The van der Waals surface area contributed by atoms with Crippen molar-refractivity contribution >= 4 is 30.1 Å². The highest BCUT2D eigenvalue weighted by Gasteiger charge is 2.13. The third-order valence-electron chi connectivity index (χ3n) is 5.86. The molecule has 0 bridgehead atoms. The number of unbranched alkanes of at least 4 members (excludes halogenated alkanes) is 4. The fraction of sp³-hybridized carbons (Fsp3) is 0.364. The molecular formula is C33H40O8. The van der Waals surface area contributed by atoms with E-state index < -0.39 is 11.9 Å². The fourth-order valence-electron chi connectivity index (χ4n) is 3.50. The summed E-state index contributed by atoms with van der Waals surface area (Å²) in [5.74, 6) is 0.120. The van der Waals surface area contributed by atoms with E-state index in [4.69, 9.17) is 18.9 Å². The maximum atomic E-state index is 11.8. The van der Waals surface area contributed by atoms with Crippen molar-refractivity contribution in [1.82, 2.24) is 0 Å². The lowest BCUT2D eigenvalue weighted by molar-refractivity contribution is -0.144. The van der Waals surface area contributed by atoms with E-state index in [1.807, 2.05) is 60.7 Å². The Kier molecular flexibility index (Phi) is 15.8. The summed E-state index contributed by atoms with van der Waals surface area (Å²) in [4.78, 5) is 33.9. The van der Waals surface area contributed by atoms with Crippen LogP contribution in [0.25, 0.3) is 12.2 Å². The van der Waals surface area contributed by atoms with Gasteiger partial charge in [-0.1, -0.05) is 49.6 Å². The van der Waals surface area contributed by atoms with E-state index in [9.17, 15) is 14.4 Å². The predicted molar refractivity (Wildman–Crippen MR) is 158 cm³/mol. The number of esters is 3. The molecule has 8 nitrogen and oxygen atoms in total. The maximum Gasteiger partial charge on any atom is 0.333 e. The smallest absolute Gasteiger partial charge is 0.333 e. The predicted octanol–water partition coefficient (Wildman–Crippen LogP) is 6.35. The maximum absolute atomic E-state index is 11.8. The molecule has 0 atom stereocenters. The largest absolute Gasteiger partial charge is 0.494 e. The lowest BCUT2D eigenvalue weighted by Crippen LogP contribution is -2.13. The van der Waals surface area contributed by atoms with Gasteiger partial charge in [0.05, 0.1) is 40.0 Å². The SMILES string of the molecule is C=CC(=O)OCCCCCCOc1ccc(/C=C/c2ccc(OCCCCOC(=O)C(=C)CC(=O)OC)cc2)cc1. The Morgan fingerprint density at radius 3 is 1.66 bits per heavy atom. The van der Waals surface area contributed by atoms with Gasteiger partial charge < -0.3 is 23.7 Å². The van der Waals surface area contributed by atoms with Gasteiger partial charge in [-0.25, -0.2) is 9.59 Å². The van der Waals surface area contributed by atoms with Crippen LogP contribution < -0.4 is 9.47 Å². The molecule has 41 heavy (non-hydrogen) atoms. The van der Waals surface area contributed by atoms with Crippen LogP contribution in [0, 0.1) is 0 Å². The average molecular weight is 565 g/mol. The van der Waals surface area contributed by atoms with Crippen LogP contribution in [0.4, 0.5) is 0 Å². The number of hydrogen-bond donors (Lipinski definition) is 0. The van der Waals surface area contributed by atoms with Crippen molar-refractivity contribution in [2.75, 3.05) is 33.5 Å². The van der Waals surface area contributed by atoms with Gasteiger partial charge in [0.2, 0.25) is 0 Å². The molecule has 2 aromatic rings. The summed E-state index contributed by atoms with van der Waals surface area (Å²) in [5.41, 5.74) is 2.20. The molecule has 0 amide bonds. The fourth-order valence-corrected chi connectivity index (χ4v) is 3.50. The molecule has 0 fully saturated rings. The van der Waals surface area contributed by atoms with Crippen molar-refractivity contribution in [3.05, 3.63) is 84.5 Å². The second-order valence-electron chi connectivity index (χ2n) is 9.15. The minimum atomic E-state index is -0.588. The molecule has 0 unspecified atom stereocenters. The van der Waals surface area contributed by atoms with E-state index in [0.717, 1.165) is 48.3 Å². The van der Waals surface area contributed by atoms with Crippen molar-refractivity contribution in [3.63, 3.8) is 0 Å². The van der Waals surface area contributed by atoms with E-state index in [2.05, 4.69) is 17.9 Å². The number of benzene rings is 2. The number of ether oxygens (including phenoxy) is 5. The van der Waals surface area contributed by atoms with Gasteiger partial charge in [0.15, 0.2) is 0 Å². The second kappa shape index (κ2) is 19.7. The van der Waals surface area contributed by atoms with Crippen LogP contribution in [0.5, 0.6) is 11.5 Å². The molecular weight excluding hydrogens is 524 g/mol. The van der Waals surface area contributed by atoms with Crippen LogP contribution in [0.15, 0.2) is 73.3 Å². The van der Waals surface area contributed by atoms with E-state index in [-0.39, 0.29) is 24.6 Å². The van der Waals surface area contributed by atoms with E-state index in [1.54, 1.807) is 0 Å². The lowest BCUT2D eigenvalue weighted by Gasteiger charge is -2.08. The third kappa shape index (κ3) is 14.6. The number of hydrogen-bond acceptors (Lipinski definition) is 8. The zero-order chi connectivity index (χ0) is 29.7. The summed E-state index contributed by atoms with van der Waals surface area (Å²) < 4.78 is 26.1. The summed E-state index contributed by atoms with van der Waals surface area (Å²) in [6, 6.07) is 15.8. The Labute approximate surface area is 242 Å². The van der Waals surface area contributed by atoms with Crippen LogP contribution >= 0.6 is 0 Å². The zero-order valence-electron chi connectivity index (χ0n) is 23.8. The Morgan fingerprint density at radius 1 is 0.683 bits per heavy atom. The molecule has 8 heteroatoms. The molecule has 2 aromatic carbocycles. The molecule has 2 rings (SSSR count). The number of rotatable bonds is 20. The summed E-state index contributed by atoms with van der Waals surface area (Å²) in [6.45, 7) is 8.73. The Morgan fingerprint density at radius 2 is 1.15 bits per heavy atom. The molecule has 220 valence electrons. The highest BCUT2D eigenvalue weighted by Crippen LogP contribution is 2.17. The first-order valence-electron chi connectivity index (χ1n) is 13.8. The number of methoxy groups -OCH3 is 1. The minimum absolute atomic E-state index is 0.0786. The van der Waals surface area contributed by atoms with Crippen molar-refractivity contribution in [1.29, 1.82) is 0 Å². The average Bonchev–Trinajstić information content (AvgIpc) is 2.99. The quantitative estimate of drug-likeness (QED) is 0.0604. The molecule has 0 saturated heterocycles. The molecule has 0 saturated carbocycles. The van der Waals surface area contributed by atoms with Crippen molar-refractivity contribution in [3.8, 4) is 11.5 Å². The summed E-state index contributed by atoms with van der Waals surface area (Å²) >= 11 is 0. The van der Waals surface area contributed by atoms with Gasteiger partial charge in [-0.15, -0.1) is 0 Å². The monoisotopic (exact) mass is 564 g/mol. The van der Waals surface area contributed by atoms with E-state index in [1.165, 1.54) is 13.2 Å². The molecule has 0 aliphatic rings. The molecule has 0 heterocycles. The Balaban J connectivity index is 1.58. The topological polar surface area (TPSA) is 97.4 Å². The van der Waals surface area contributed by atoms with Crippen molar-refractivity contribution in [2.24, 2.45) is 0 Å².